The summed E-state index contributed by atoms with van der Waals surface area (Å²) in [4.78, 5) is 11.7. The van der Waals surface area contributed by atoms with Crippen LogP contribution in [0.25, 0.3) is 0 Å². The number of nitrogens with one attached hydrogen (secondary N) is 2. The molecule has 5 nitrogen and oxygen atoms in total. The zero-order valence-corrected chi connectivity index (χ0v) is 12.9. The van der Waals surface area contributed by atoms with Crippen LogP contribution in [-0.4, -0.2) is 14.3 Å². The second-order valence-electron chi connectivity index (χ2n) is 5.16. The summed E-state index contributed by atoms with van der Waals surface area (Å²) < 4.78 is 27.5. The molecule has 0 atom stereocenters. The van der Waals surface area contributed by atoms with E-state index in [0.717, 1.165) is 17.5 Å². The van der Waals surface area contributed by atoms with Gasteiger partial charge < -0.3 is 5.32 Å². The van der Waals surface area contributed by atoms with Crippen LogP contribution in [0, 0.1) is 0 Å². The molecule has 2 aromatic rings. The number of hydrogen-bond donors (Lipinski definition) is 2. The monoisotopic (exact) mass is 316 g/mol. The van der Waals surface area contributed by atoms with Crippen molar-refractivity contribution in [2.75, 3.05) is 4.72 Å². The van der Waals surface area contributed by atoms with Crippen molar-refractivity contribution in [2.45, 2.75) is 24.8 Å². The maximum atomic E-state index is 12.5. The molecule has 0 fully saturated rings. The molecular weight excluding hydrogens is 300 g/mol. The van der Waals surface area contributed by atoms with Gasteiger partial charge in [-0.3, -0.25) is 9.52 Å². The van der Waals surface area contributed by atoms with E-state index in [0.29, 0.717) is 17.8 Å². The normalized spacial score (nSPS) is 13.6. The van der Waals surface area contributed by atoms with E-state index in [1.54, 1.807) is 18.2 Å². The summed E-state index contributed by atoms with van der Waals surface area (Å²) in [6.45, 7) is 2.45. The Morgan fingerprint density at radius 1 is 1.18 bits per heavy atom. The molecule has 0 unspecified atom stereocenters. The lowest BCUT2D eigenvalue weighted by molar-refractivity contribution is 0.0965. The lowest BCUT2D eigenvalue weighted by Gasteiger charge is -2.10. The highest BCUT2D eigenvalue weighted by Crippen LogP contribution is 2.22. The first-order valence-corrected chi connectivity index (χ1v) is 8.51. The van der Waals surface area contributed by atoms with E-state index in [1.807, 2.05) is 19.1 Å². The quantitative estimate of drug-likeness (QED) is 0.909. The van der Waals surface area contributed by atoms with Crippen LogP contribution in [0.1, 0.15) is 28.4 Å². The smallest absolute Gasteiger partial charge is 0.261 e. The molecule has 1 aliphatic heterocycles. The number of carbonyl (C=O) groups is 1. The largest absolute Gasteiger partial charge is 0.348 e. The van der Waals surface area contributed by atoms with E-state index in [2.05, 4.69) is 10.0 Å². The third kappa shape index (κ3) is 2.69. The number of benzene rings is 2. The molecule has 2 aromatic carbocycles. The molecule has 0 bridgehead atoms. The summed E-state index contributed by atoms with van der Waals surface area (Å²) in [6, 6.07) is 11.9. The molecule has 114 valence electrons. The molecule has 1 amide bonds. The fourth-order valence-corrected chi connectivity index (χ4v) is 3.50. The predicted octanol–water partition coefficient (Wildman–Crippen LogP) is 2.29. The maximum Gasteiger partial charge on any atom is 0.261 e. The van der Waals surface area contributed by atoms with E-state index < -0.39 is 10.0 Å². The van der Waals surface area contributed by atoms with Crippen molar-refractivity contribution in [1.29, 1.82) is 0 Å². The summed E-state index contributed by atoms with van der Waals surface area (Å²) in [6.07, 6.45) is 0.828. The Kier molecular flexibility index (Phi) is 3.62. The van der Waals surface area contributed by atoms with Gasteiger partial charge in [-0.1, -0.05) is 25.1 Å². The number of hydrogen-bond acceptors (Lipinski definition) is 3. The lowest BCUT2D eigenvalue weighted by atomic mass is 10.1. The first kappa shape index (κ1) is 14.6. The van der Waals surface area contributed by atoms with E-state index in [1.165, 1.54) is 12.1 Å². The van der Waals surface area contributed by atoms with Crippen LogP contribution in [0.2, 0.25) is 0 Å². The van der Waals surface area contributed by atoms with Gasteiger partial charge in [0.25, 0.3) is 15.9 Å². The second kappa shape index (κ2) is 5.46. The van der Waals surface area contributed by atoms with E-state index in [4.69, 9.17) is 0 Å². The molecule has 0 aliphatic carbocycles. The fourth-order valence-electron chi connectivity index (χ4n) is 2.43. The van der Waals surface area contributed by atoms with Crippen molar-refractivity contribution in [3.8, 4) is 0 Å². The van der Waals surface area contributed by atoms with Crippen LogP contribution >= 0.6 is 0 Å². The van der Waals surface area contributed by atoms with E-state index in [9.17, 15) is 13.2 Å². The highest BCUT2D eigenvalue weighted by atomic mass is 32.2. The molecule has 0 saturated carbocycles. The summed E-state index contributed by atoms with van der Waals surface area (Å²) in [5, 5.41) is 2.67. The predicted molar refractivity (Wildman–Crippen MR) is 84.2 cm³/mol. The van der Waals surface area contributed by atoms with Crippen LogP contribution in [-0.2, 0) is 23.0 Å². The van der Waals surface area contributed by atoms with Gasteiger partial charge in [0.15, 0.2) is 0 Å². The third-order valence-corrected chi connectivity index (χ3v) is 5.04. The van der Waals surface area contributed by atoms with Crippen LogP contribution in [0.5, 0.6) is 0 Å². The number of fused-ring (bicyclic) bond motifs is 1. The highest BCUT2D eigenvalue weighted by Gasteiger charge is 2.22. The third-order valence-electron chi connectivity index (χ3n) is 3.66. The molecular formula is C16H16N2O3S. The number of carbonyl (C=O) groups excluding carboxylic acids is 1. The molecule has 0 radical (unpaired) electrons. The van der Waals surface area contributed by atoms with Gasteiger partial charge >= 0.3 is 0 Å². The molecule has 22 heavy (non-hydrogen) atoms. The van der Waals surface area contributed by atoms with E-state index >= 15 is 0 Å². The summed E-state index contributed by atoms with van der Waals surface area (Å²) >= 11 is 0. The van der Waals surface area contributed by atoms with Crippen LogP contribution < -0.4 is 10.0 Å². The van der Waals surface area contributed by atoms with Crippen molar-refractivity contribution in [1.82, 2.24) is 5.32 Å². The van der Waals surface area contributed by atoms with Gasteiger partial charge in [0, 0.05) is 17.8 Å². The first-order valence-electron chi connectivity index (χ1n) is 7.02. The molecule has 3 rings (SSSR count). The Morgan fingerprint density at radius 2 is 2.00 bits per heavy atom. The fraction of sp³-hybridized carbons (Fsp3) is 0.188. The summed E-state index contributed by atoms with van der Waals surface area (Å²) in [5.41, 5.74) is 2.81. The van der Waals surface area contributed by atoms with Gasteiger partial charge in [-0.05, 0) is 41.8 Å². The second-order valence-corrected chi connectivity index (χ2v) is 6.84. The molecule has 0 spiro atoms. The molecule has 6 heteroatoms. The zero-order valence-electron chi connectivity index (χ0n) is 12.1. The number of rotatable bonds is 4. The topological polar surface area (TPSA) is 75.3 Å². The minimum atomic E-state index is -3.71. The Labute approximate surface area is 129 Å². The van der Waals surface area contributed by atoms with Gasteiger partial charge in [-0.2, -0.15) is 0 Å². The highest BCUT2D eigenvalue weighted by molar-refractivity contribution is 7.92. The maximum absolute atomic E-state index is 12.5. The Morgan fingerprint density at radius 3 is 2.77 bits per heavy atom. The van der Waals surface area contributed by atoms with E-state index in [-0.39, 0.29) is 10.8 Å². The standard InChI is InChI=1S/C16H16N2O3S/c1-2-11-4-3-5-13(8-11)18-22(20,21)14-7-6-12-10-17-16(19)15(12)9-14/h3-9,18H,2,10H2,1H3,(H,17,19). The zero-order chi connectivity index (χ0) is 15.7. The van der Waals surface area contributed by atoms with Crippen molar-refractivity contribution < 1.29 is 13.2 Å². The molecule has 0 aromatic heterocycles. The van der Waals surface area contributed by atoms with Crippen molar-refractivity contribution in [2.24, 2.45) is 0 Å². The summed E-state index contributed by atoms with van der Waals surface area (Å²) in [5.74, 6) is -0.236. The van der Waals surface area contributed by atoms with Crippen molar-refractivity contribution >= 4 is 21.6 Å². The average molecular weight is 316 g/mol. The minimum absolute atomic E-state index is 0.0881. The number of anilines is 1. The molecule has 1 aliphatic rings. The minimum Gasteiger partial charge on any atom is -0.348 e. The van der Waals surface area contributed by atoms with Gasteiger partial charge in [-0.25, -0.2) is 8.42 Å². The van der Waals surface area contributed by atoms with Crippen molar-refractivity contribution in [3.63, 3.8) is 0 Å². The van der Waals surface area contributed by atoms with Crippen molar-refractivity contribution in [3.05, 3.63) is 59.2 Å². The first-order chi connectivity index (χ1) is 10.5. The Bertz CT molecular complexity index is 844. The number of amides is 1. The molecule has 1 heterocycles. The molecule has 0 saturated heterocycles. The van der Waals surface area contributed by atoms with Gasteiger partial charge in [0.2, 0.25) is 0 Å². The van der Waals surface area contributed by atoms with Crippen LogP contribution in [0.4, 0.5) is 5.69 Å². The average Bonchev–Trinajstić information content (AvgIpc) is 2.88. The van der Waals surface area contributed by atoms with Gasteiger partial charge in [0.1, 0.15) is 0 Å². The van der Waals surface area contributed by atoms with Crippen LogP contribution in [0.15, 0.2) is 47.4 Å². The van der Waals surface area contributed by atoms with Gasteiger partial charge in [-0.15, -0.1) is 0 Å². The lowest BCUT2D eigenvalue weighted by Crippen LogP contribution is -2.15. The Hall–Kier alpha value is -2.34. The Balaban J connectivity index is 1.93. The number of sulfonamides is 1. The SMILES string of the molecule is CCc1cccc(NS(=O)(=O)c2ccc3c(c2)C(=O)NC3)c1. The summed E-state index contributed by atoms with van der Waals surface area (Å²) in [7, 11) is -3.71. The van der Waals surface area contributed by atoms with Gasteiger partial charge in [0.05, 0.1) is 4.90 Å². The van der Waals surface area contributed by atoms with Crippen LogP contribution in [0.3, 0.4) is 0 Å². The number of aryl methyl sites for hydroxylation is 1. The molecule has 2 N–H and O–H groups in total.